The zero-order valence-corrected chi connectivity index (χ0v) is 12.0. The first-order chi connectivity index (χ1) is 10.5. The van der Waals surface area contributed by atoms with Crippen LogP contribution in [0.3, 0.4) is 0 Å². The minimum Gasteiger partial charge on any atom is -0.464 e. The molecule has 1 amide bonds. The Kier molecular flexibility index (Phi) is 3.21. The molecule has 3 rings (SSSR count). The Labute approximate surface area is 125 Å². The van der Waals surface area contributed by atoms with E-state index in [-0.39, 0.29) is 23.8 Å². The predicted octanol–water partition coefficient (Wildman–Crippen LogP) is -0.819. The van der Waals surface area contributed by atoms with E-state index < -0.39 is 5.97 Å². The van der Waals surface area contributed by atoms with Gasteiger partial charge in [-0.1, -0.05) is 6.08 Å². The van der Waals surface area contributed by atoms with E-state index in [1.165, 1.54) is 7.11 Å². The minimum absolute atomic E-state index is 0.0136. The van der Waals surface area contributed by atoms with Gasteiger partial charge in [0.15, 0.2) is 5.49 Å². The third-order valence-corrected chi connectivity index (χ3v) is 3.36. The van der Waals surface area contributed by atoms with Crippen LogP contribution in [0.4, 0.5) is 5.95 Å². The first-order valence-corrected chi connectivity index (χ1v) is 6.50. The molecule has 112 valence electrons. The Morgan fingerprint density at radius 2 is 2.18 bits per heavy atom. The van der Waals surface area contributed by atoms with E-state index in [1.54, 1.807) is 30.0 Å². The number of fused-ring (bicyclic) bond motifs is 1. The van der Waals surface area contributed by atoms with Crippen molar-refractivity contribution < 1.29 is 14.3 Å². The normalized spacial score (nSPS) is 13.1. The zero-order chi connectivity index (χ0) is 15.9. The number of esters is 1. The van der Waals surface area contributed by atoms with Crippen molar-refractivity contribution in [1.82, 2.24) is 14.5 Å². The molecule has 2 N–H and O–H groups in total. The van der Waals surface area contributed by atoms with E-state index in [4.69, 9.17) is 10.5 Å². The summed E-state index contributed by atoms with van der Waals surface area (Å²) in [5.74, 6) is -0.796. The highest BCUT2D eigenvalue weighted by atomic mass is 16.5. The molecule has 1 aliphatic heterocycles. The molecule has 0 atom stereocenters. The van der Waals surface area contributed by atoms with Crippen molar-refractivity contribution in [3.05, 3.63) is 28.7 Å². The summed E-state index contributed by atoms with van der Waals surface area (Å²) >= 11 is 0. The lowest BCUT2D eigenvalue weighted by atomic mass is 10.1. The molecule has 1 aliphatic rings. The van der Waals surface area contributed by atoms with Crippen LogP contribution in [0.15, 0.2) is 17.3 Å². The molecule has 0 unspecified atom stereocenters. The Morgan fingerprint density at radius 1 is 1.41 bits per heavy atom. The second kappa shape index (κ2) is 5.06. The van der Waals surface area contributed by atoms with Crippen LogP contribution in [0.1, 0.15) is 16.9 Å². The number of rotatable bonds is 2. The Morgan fingerprint density at radius 3 is 2.91 bits per heavy atom. The van der Waals surface area contributed by atoms with Gasteiger partial charge in [0.05, 0.1) is 12.8 Å². The molecule has 0 aliphatic carbocycles. The molecule has 8 heteroatoms. The molecule has 2 aromatic rings. The van der Waals surface area contributed by atoms with Crippen molar-refractivity contribution in [3.8, 4) is 11.3 Å². The fraction of sp³-hybridized carbons (Fsp3) is 0.214. The molecule has 0 saturated carbocycles. The number of hydrogen-bond acceptors (Lipinski definition) is 6. The summed E-state index contributed by atoms with van der Waals surface area (Å²) in [6.45, 7) is 0. The highest BCUT2D eigenvalue weighted by Gasteiger charge is 2.21. The summed E-state index contributed by atoms with van der Waals surface area (Å²) in [4.78, 5) is 35.5. The van der Waals surface area contributed by atoms with E-state index in [1.807, 2.05) is 0 Å². The molecule has 0 fully saturated rings. The van der Waals surface area contributed by atoms with Crippen molar-refractivity contribution in [3.63, 3.8) is 0 Å². The molecular weight excluding hydrogens is 286 g/mol. The van der Waals surface area contributed by atoms with Gasteiger partial charge in [-0.2, -0.15) is 9.98 Å². The lowest BCUT2D eigenvalue weighted by Gasteiger charge is -2.08. The lowest BCUT2D eigenvalue weighted by molar-refractivity contribution is -0.117. The summed E-state index contributed by atoms with van der Waals surface area (Å²) in [7, 11) is 3.04. The van der Waals surface area contributed by atoms with Crippen LogP contribution in [0, 0.1) is 0 Å². The van der Waals surface area contributed by atoms with Gasteiger partial charge in [0, 0.05) is 30.4 Å². The Bertz CT molecular complexity index is 913. The molecule has 0 aromatic carbocycles. The van der Waals surface area contributed by atoms with Gasteiger partial charge in [0.1, 0.15) is 5.69 Å². The number of nitrogen functional groups attached to an aromatic ring is 1. The summed E-state index contributed by atoms with van der Waals surface area (Å²) in [5, 5.41) is 0.588. The number of anilines is 1. The van der Waals surface area contributed by atoms with E-state index in [0.717, 1.165) is 0 Å². The van der Waals surface area contributed by atoms with Gasteiger partial charge in [-0.15, -0.1) is 0 Å². The molecule has 2 aromatic heterocycles. The van der Waals surface area contributed by atoms with Gasteiger partial charge in [-0.3, -0.25) is 4.79 Å². The smallest absolute Gasteiger partial charge is 0.355 e. The molecule has 0 spiro atoms. The molecular formula is C14H13N5O3. The van der Waals surface area contributed by atoms with Crippen LogP contribution < -0.4 is 16.4 Å². The fourth-order valence-corrected chi connectivity index (χ4v) is 2.38. The molecule has 0 radical (unpaired) electrons. The second-order valence-electron chi connectivity index (χ2n) is 4.76. The maximum absolute atomic E-state index is 12.0. The first kappa shape index (κ1) is 13.9. The van der Waals surface area contributed by atoms with Crippen LogP contribution in [0.2, 0.25) is 0 Å². The number of methoxy groups -OCH3 is 1. The van der Waals surface area contributed by atoms with Crippen LogP contribution in [-0.4, -0.2) is 33.5 Å². The van der Waals surface area contributed by atoms with Gasteiger partial charge >= 0.3 is 5.97 Å². The number of aryl methyl sites for hydroxylation is 1. The third kappa shape index (κ3) is 2.14. The van der Waals surface area contributed by atoms with Crippen molar-refractivity contribution in [1.29, 1.82) is 0 Å². The minimum atomic E-state index is -0.489. The lowest BCUT2D eigenvalue weighted by Crippen LogP contribution is -2.36. The number of carbonyl (C=O) groups is 2. The van der Waals surface area contributed by atoms with Crippen molar-refractivity contribution in [2.75, 3.05) is 12.8 Å². The van der Waals surface area contributed by atoms with Crippen LogP contribution in [0.25, 0.3) is 17.3 Å². The van der Waals surface area contributed by atoms with E-state index >= 15 is 0 Å². The Balaban J connectivity index is 2.35. The summed E-state index contributed by atoms with van der Waals surface area (Å²) in [6, 6.07) is 1.73. The number of nitrogens with two attached hydrogens (primary N) is 1. The maximum atomic E-state index is 12.0. The highest BCUT2D eigenvalue weighted by Crippen LogP contribution is 2.21. The number of carbonyl (C=O) groups excluding carboxylic acids is 2. The number of amides is 1. The van der Waals surface area contributed by atoms with Gasteiger partial charge < -0.3 is 15.0 Å². The fourth-order valence-electron chi connectivity index (χ4n) is 2.38. The molecule has 22 heavy (non-hydrogen) atoms. The van der Waals surface area contributed by atoms with Gasteiger partial charge in [-0.25, -0.2) is 9.78 Å². The number of nitrogens with zero attached hydrogens (tertiary/aromatic N) is 4. The zero-order valence-electron chi connectivity index (χ0n) is 12.0. The summed E-state index contributed by atoms with van der Waals surface area (Å²) in [6.07, 6.45) is 3.57. The van der Waals surface area contributed by atoms with Crippen LogP contribution in [-0.2, 0) is 16.6 Å². The second-order valence-corrected chi connectivity index (χ2v) is 4.76. The summed E-state index contributed by atoms with van der Waals surface area (Å²) in [5.41, 5.74) is 7.28. The summed E-state index contributed by atoms with van der Waals surface area (Å²) < 4.78 is 6.44. The average Bonchev–Trinajstić information content (AvgIpc) is 2.86. The van der Waals surface area contributed by atoms with Gasteiger partial charge in [0.25, 0.3) is 5.91 Å². The van der Waals surface area contributed by atoms with Crippen molar-refractivity contribution in [2.24, 2.45) is 12.0 Å². The molecule has 0 bridgehead atoms. The number of ether oxygens (including phenoxy) is 1. The van der Waals surface area contributed by atoms with Crippen molar-refractivity contribution in [2.45, 2.75) is 6.42 Å². The number of aromatic nitrogens is 3. The average molecular weight is 299 g/mol. The number of hydrogen-bond donors (Lipinski definition) is 1. The quantitative estimate of drug-likeness (QED) is 0.725. The largest absolute Gasteiger partial charge is 0.464 e. The van der Waals surface area contributed by atoms with Gasteiger partial charge in [-0.05, 0) is 6.07 Å². The Hall–Kier alpha value is -3.03. The molecule has 8 nitrogen and oxygen atoms in total. The van der Waals surface area contributed by atoms with Gasteiger partial charge in [0.2, 0.25) is 5.95 Å². The third-order valence-electron chi connectivity index (χ3n) is 3.36. The molecule has 0 saturated heterocycles. The highest BCUT2D eigenvalue weighted by molar-refractivity contribution is 5.95. The SMILES string of the molecule is COC(=O)c1c(-c2nc(N)nc3c2=CCC(=O)N=3)ccn1C. The van der Waals surface area contributed by atoms with E-state index in [0.29, 0.717) is 22.2 Å². The van der Waals surface area contributed by atoms with E-state index in [2.05, 4.69) is 15.0 Å². The maximum Gasteiger partial charge on any atom is 0.355 e. The topological polar surface area (TPSA) is 112 Å². The van der Waals surface area contributed by atoms with Crippen LogP contribution >= 0.6 is 0 Å². The van der Waals surface area contributed by atoms with Crippen LogP contribution in [0.5, 0.6) is 0 Å². The van der Waals surface area contributed by atoms with E-state index in [9.17, 15) is 9.59 Å². The standard InChI is InChI=1S/C14H13N5O3/c1-19-6-5-7(11(19)13(21)22-2)10-8-3-4-9(20)16-12(8)18-14(15)17-10/h3,5-6H,4H2,1-2H3,(H2,15,16,18,20). The monoisotopic (exact) mass is 299 g/mol. The van der Waals surface area contributed by atoms with Crippen molar-refractivity contribution >= 4 is 23.9 Å². The molecule has 3 heterocycles. The predicted molar refractivity (Wildman–Crippen MR) is 77.1 cm³/mol. The first-order valence-electron chi connectivity index (χ1n) is 6.50.